The third-order valence-corrected chi connectivity index (χ3v) is 3.33. The van der Waals surface area contributed by atoms with Crippen LogP contribution in [-0.2, 0) is 13.5 Å². The molecule has 1 aliphatic heterocycles. The largest absolute Gasteiger partial charge is 0.314 e. The van der Waals surface area contributed by atoms with Gasteiger partial charge in [-0.05, 0) is 51.6 Å². The Bertz CT molecular complexity index is 330. The molecule has 0 bridgehead atoms. The maximum absolute atomic E-state index is 4.40. The van der Waals surface area contributed by atoms with E-state index >= 15 is 0 Å². The lowest BCUT2D eigenvalue weighted by Gasteiger charge is -2.27. The van der Waals surface area contributed by atoms with E-state index in [4.69, 9.17) is 0 Å². The van der Waals surface area contributed by atoms with E-state index in [1.807, 2.05) is 11.7 Å². The van der Waals surface area contributed by atoms with Crippen LogP contribution in [0.2, 0.25) is 0 Å². The second-order valence-electron chi connectivity index (χ2n) is 4.85. The summed E-state index contributed by atoms with van der Waals surface area (Å²) in [5.74, 6) is 0.830. The molecule has 2 rings (SSSR count). The van der Waals surface area contributed by atoms with Gasteiger partial charge in [-0.15, -0.1) is 0 Å². The quantitative estimate of drug-likeness (QED) is 0.799. The monoisotopic (exact) mass is 207 g/mol. The minimum Gasteiger partial charge on any atom is -0.314 e. The Morgan fingerprint density at radius 2 is 2.40 bits per heavy atom. The maximum atomic E-state index is 4.40. The average Bonchev–Trinajstić information content (AvgIpc) is 2.45. The molecule has 1 aromatic rings. The van der Waals surface area contributed by atoms with E-state index in [1.165, 1.54) is 31.5 Å². The Kier molecular flexibility index (Phi) is 3.10. The smallest absolute Gasteiger partial charge is 0.0596 e. The molecule has 84 valence electrons. The molecule has 1 fully saturated rings. The zero-order valence-corrected chi connectivity index (χ0v) is 9.95. The summed E-state index contributed by atoms with van der Waals surface area (Å²) in [7, 11) is 2.05. The molecular formula is C12H21N3. The van der Waals surface area contributed by atoms with Crippen molar-refractivity contribution in [3.8, 4) is 0 Å². The van der Waals surface area contributed by atoms with Crippen LogP contribution in [0.4, 0.5) is 0 Å². The molecular weight excluding hydrogens is 186 g/mol. The first-order chi connectivity index (χ1) is 7.15. The third kappa shape index (κ3) is 2.59. The van der Waals surface area contributed by atoms with Crippen LogP contribution in [0.3, 0.4) is 0 Å². The number of hydrogen-bond donors (Lipinski definition) is 1. The summed E-state index contributed by atoms with van der Waals surface area (Å²) in [6.45, 7) is 5.51. The summed E-state index contributed by atoms with van der Waals surface area (Å²) in [5, 5.41) is 7.89. The van der Waals surface area contributed by atoms with Crippen molar-refractivity contribution in [2.75, 3.05) is 6.54 Å². The van der Waals surface area contributed by atoms with Gasteiger partial charge in [0.25, 0.3) is 0 Å². The summed E-state index contributed by atoms with van der Waals surface area (Å²) in [4.78, 5) is 0. The number of piperidine rings is 1. The number of aryl methyl sites for hydroxylation is 2. The summed E-state index contributed by atoms with van der Waals surface area (Å²) in [6.07, 6.45) is 3.78. The molecule has 1 saturated heterocycles. The van der Waals surface area contributed by atoms with Crippen molar-refractivity contribution >= 4 is 0 Å². The van der Waals surface area contributed by atoms with Crippen LogP contribution >= 0.6 is 0 Å². The van der Waals surface area contributed by atoms with Gasteiger partial charge in [-0.1, -0.05) is 0 Å². The van der Waals surface area contributed by atoms with Crippen LogP contribution in [0.25, 0.3) is 0 Å². The van der Waals surface area contributed by atoms with Crippen LogP contribution in [-0.4, -0.2) is 22.4 Å². The summed E-state index contributed by atoms with van der Waals surface area (Å²) >= 11 is 0. The molecule has 15 heavy (non-hydrogen) atoms. The topological polar surface area (TPSA) is 29.9 Å². The highest BCUT2D eigenvalue weighted by Gasteiger charge is 2.19. The second kappa shape index (κ2) is 4.35. The van der Waals surface area contributed by atoms with Crippen molar-refractivity contribution < 1.29 is 0 Å². The van der Waals surface area contributed by atoms with Gasteiger partial charge in [-0.2, -0.15) is 5.10 Å². The molecule has 0 aromatic carbocycles. The van der Waals surface area contributed by atoms with Crippen LogP contribution in [0, 0.1) is 12.8 Å². The van der Waals surface area contributed by atoms with Crippen molar-refractivity contribution in [1.82, 2.24) is 15.1 Å². The zero-order valence-electron chi connectivity index (χ0n) is 9.95. The normalized spacial score (nSPS) is 26.9. The lowest BCUT2D eigenvalue weighted by Crippen LogP contribution is -2.36. The summed E-state index contributed by atoms with van der Waals surface area (Å²) < 4.78 is 2.03. The SMILES string of the molecule is Cc1cc(CC2CCNC(C)C2)n(C)n1. The Labute approximate surface area is 91.9 Å². The molecule has 3 nitrogen and oxygen atoms in total. The highest BCUT2D eigenvalue weighted by Crippen LogP contribution is 2.20. The zero-order chi connectivity index (χ0) is 10.8. The van der Waals surface area contributed by atoms with E-state index < -0.39 is 0 Å². The van der Waals surface area contributed by atoms with Crippen LogP contribution < -0.4 is 5.32 Å². The molecule has 0 radical (unpaired) electrons. The molecule has 2 unspecified atom stereocenters. The number of nitrogens with zero attached hydrogens (tertiary/aromatic N) is 2. The van der Waals surface area contributed by atoms with Gasteiger partial charge >= 0.3 is 0 Å². The highest BCUT2D eigenvalue weighted by atomic mass is 15.3. The highest BCUT2D eigenvalue weighted by molar-refractivity contribution is 5.09. The first-order valence-electron chi connectivity index (χ1n) is 5.88. The molecule has 0 aliphatic carbocycles. The lowest BCUT2D eigenvalue weighted by molar-refractivity contribution is 0.310. The standard InChI is InChI=1S/C12H21N3/c1-9-6-11(4-5-13-9)8-12-7-10(2)14-15(12)3/h7,9,11,13H,4-6,8H2,1-3H3. The van der Waals surface area contributed by atoms with Gasteiger partial charge in [0.15, 0.2) is 0 Å². The first kappa shape index (κ1) is 10.7. The summed E-state index contributed by atoms with van der Waals surface area (Å²) in [6, 6.07) is 2.89. The van der Waals surface area contributed by atoms with Gasteiger partial charge in [0.05, 0.1) is 5.69 Å². The first-order valence-corrected chi connectivity index (χ1v) is 5.88. The van der Waals surface area contributed by atoms with E-state index in [-0.39, 0.29) is 0 Å². The van der Waals surface area contributed by atoms with E-state index in [0.29, 0.717) is 6.04 Å². The predicted octanol–water partition coefficient (Wildman–Crippen LogP) is 1.66. The lowest BCUT2D eigenvalue weighted by atomic mass is 9.89. The fourth-order valence-corrected chi connectivity index (χ4v) is 2.57. The predicted molar refractivity (Wildman–Crippen MR) is 61.8 cm³/mol. The van der Waals surface area contributed by atoms with Gasteiger partial charge in [-0.25, -0.2) is 0 Å². The number of nitrogens with one attached hydrogen (secondary N) is 1. The van der Waals surface area contributed by atoms with Gasteiger partial charge < -0.3 is 5.32 Å². The molecule has 2 atom stereocenters. The van der Waals surface area contributed by atoms with Gasteiger partial charge in [-0.3, -0.25) is 4.68 Å². The Morgan fingerprint density at radius 1 is 1.60 bits per heavy atom. The minimum absolute atomic E-state index is 0.679. The van der Waals surface area contributed by atoms with Gasteiger partial charge in [0.2, 0.25) is 0 Å². The van der Waals surface area contributed by atoms with E-state index in [9.17, 15) is 0 Å². The van der Waals surface area contributed by atoms with Crippen molar-refractivity contribution in [3.63, 3.8) is 0 Å². The summed E-state index contributed by atoms with van der Waals surface area (Å²) in [5.41, 5.74) is 2.51. The average molecular weight is 207 g/mol. The van der Waals surface area contributed by atoms with Crippen molar-refractivity contribution in [1.29, 1.82) is 0 Å². The number of aromatic nitrogens is 2. The Balaban J connectivity index is 1.99. The minimum atomic E-state index is 0.679. The Morgan fingerprint density at radius 3 is 3.00 bits per heavy atom. The molecule has 1 aliphatic rings. The fraction of sp³-hybridized carbons (Fsp3) is 0.750. The van der Waals surface area contributed by atoms with Crippen molar-refractivity contribution in [3.05, 3.63) is 17.5 Å². The maximum Gasteiger partial charge on any atom is 0.0596 e. The van der Waals surface area contributed by atoms with E-state index in [0.717, 1.165) is 11.6 Å². The molecule has 3 heteroatoms. The van der Waals surface area contributed by atoms with Crippen molar-refractivity contribution in [2.24, 2.45) is 13.0 Å². The second-order valence-corrected chi connectivity index (χ2v) is 4.85. The number of rotatable bonds is 2. The van der Waals surface area contributed by atoms with Crippen LogP contribution in [0.15, 0.2) is 6.07 Å². The molecule has 0 spiro atoms. The molecule has 1 N–H and O–H groups in total. The Hall–Kier alpha value is -0.830. The molecule has 2 heterocycles. The molecule has 1 aromatic heterocycles. The van der Waals surface area contributed by atoms with E-state index in [1.54, 1.807) is 0 Å². The molecule has 0 saturated carbocycles. The van der Waals surface area contributed by atoms with Crippen LogP contribution in [0.1, 0.15) is 31.2 Å². The van der Waals surface area contributed by atoms with Crippen molar-refractivity contribution in [2.45, 2.75) is 39.2 Å². The van der Waals surface area contributed by atoms with Crippen LogP contribution in [0.5, 0.6) is 0 Å². The third-order valence-electron chi connectivity index (χ3n) is 3.33. The van der Waals surface area contributed by atoms with Gasteiger partial charge in [0, 0.05) is 18.8 Å². The number of hydrogen-bond acceptors (Lipinski definition) is 2. The van der Waals surface area contributed by atoms with E-state index in [2.05, 4.69) is 30.3 Å². The fourth-order valence-electron chi connectivity index (χ4n) is 2.57. The van der Waals surface area contributed by atoms with Gasteiger partial charge in [0.1, 0.15) is 0 Å². The molecule has 0 amide bonds.